The summed E-state index contributed by atoms with van der Waals surface area (Å²) < 4.78 is 62.9. The maximum Gasteiger partial charge on any atom is 0.490 e. The van der Waals surface area contributed by atoms with Crippen molar-refractivity contribution in [1.29, 1.82) is 0 Å². The summed E-state index contributed by atoms with van der Waals surface area (Å²) in [7, 11) is 0. The molecule has 0 radical (unpaired) electrons. The van der Waals surface area contributed by atoms with Crippen molar-refractivity contribution in [2.45, 2.75) is 76.1 Å². The van der Waals surface area contributed by atoms with Crippen molar-refractivity contribution in [1.82, 2.24) is 25.0 Å². The first-order valence-electron chi connectivity index (χ1n) is 20.0. The van der Waals surface area contributed by atoms with Crippen molar-refractivity contribution in [2.75, 3.05) is 38.5 Å². The van der Waals surface area contributed by atoms with Gasteiger partial charge in [0, 0.05) is 74.3 Å². The highest BCUT2D eigenvalue weighted by molar-refractivity contribution is 8.00. The third-order valence-electron chi connectivity index (χ3n) is 9.80. The van der Waals surface area contributed by atoms with Gasteiger partial charge in [-0.1, -0.05) is 51.1 Å². The molecule has 0 spiro atoms. The lowest BCUT2D eigenvalue weighted by atomic mass is 9.82. The molecule has 356 valence electrons. The Morgan fingerprint density at radius 2 is 1.58 bits per heavy atom. The molecule has 1 aromatic heterocycles. The molecule has 0 aliphatic carbocycles. The summed E-state index contributed by atoms with van der Waals surface area (Å²) in [5.41, 5.74) is 13.0. The smallest absolute Gasteiger partial charge is 0.480 e. The van der Waals surface area contributed by atoms with Gasteiger partial charge in [-0.15, -0.1) is 11.8 Å². The Balaban J connectivity index is 0.00000148. The molecule has 17 nitrogen and oxygen atoms in total. The molecule has 9 N–H and O–H groups in total. The average Bonchev–Trinajstić information content (AvgIpc) is 3.76. The monoisotopic (exact) mass is 941 g/mol. The second-order valence-electron chi connectivity index (χ2n) is 15.8. The third-order valence-corrected chi connectivity index (χ3v) is 11.1. The van der Waals surface area contributed by atoms with Crippen LogP contribution in [0, 0.1) is 17.0 Å². The number of nitrogens with one attached hydrogen (secondary N) is 2. The number of carboxylic acids is 2. The summed E-state index contributed by atoms with van der Waals surface area (Å²) in [6.07, 6.45) is -3.65. The molecule has 2 aromatic carbocycles. The standard InChI is InChI=1S/C40H51F2N7O8S.C2HF3O2/c1-40(2,3)36(31-17-25(27-18-26(41)9-10-28(27)42)21-47(31)20-24-7-5-4-6-8-24)48(35(53)22-50)15-12-29(43)37(54)46-13-11-33(51)45-14-16-49-34(52)19-32(38(49)55)58-23-30(44)39(56)57;3-2(4,5)1(6)7/h4-10,17-18,21,29-30,32,36,50H,11-16,19-20,22-23,43-44H2,1-3H3,(H,45,51)(H,46,54)(H,56,57);(H,6,7)/t29-,30-,32?,36-;/m0./s1. The number of benzene rings is 2. The zero-order valence-electron chi connectivity index (χ0n) is 35.6. The molecule has 4 atom stereocenters. The summed E-state index contributed by atoms with van der Waals surface area (Å²) in [5, 5.41) is 30.6. The number of carbonyl (C=O) groups excluding carboxylic acids is 5. The number of hydrogen-bond acceptors (Lipinski definition) is 11. The molecule has 1 fully saturated rings. The largest absolute Gasteiger partial charge is 0.490 e. The number of likely N-dealkylation sites (tertiary alicyclic amines) is 1. The summed E-state index contributed by atoms with van der Waals surface area (Å²) in [5.74, 6) is -7.87. The van der Waals surface area contributed by atoms with Crippen molar-refractivity contribution in [3.63, 3.8) is 0 Å². The molecular formula is C42H52F5N7O10S. The van der Waals surface area contributed by atoms with Crippen LogP contribution in [0.4, 0.5) is 22.0 Å². The zero-order chi connectivity index (χ0) is 48.8. The predicted octanol–water partition coefficient (Wildman–Crippen LogP) is 2.64. The van der Waals surface area contributed by atoms with Crippen molar-refractivity contribution < 1.29 is 70.8 Å². The molecule has 0 saturated carbocycles. The Morgan fingerprint density at radius 3 is 2.17 bits per heavy atom. The van der Waals surface area contributed by atoms with Crippen LogP contribution in [-0.4, -0.2) is 133 Å². The first-order valence-corrected chi connectivity index (χ1v) is 21.0. The van der Waals surface area contributed by atoms with Crippen molar-refractivity contribution >= 4 is 53.2 Å². The molecule has 0 bridgehead atoms. The first kappa shape index (κ1) is 53.4. The molecule has 1 unspecified atom stereocenters. The van der Waals surface area contributed by atoms with Crippen LogP contribution in [0.3, 0.4) is 0 Å². The molecule has 1 saturated heterocycles. The van der Waals surface area contributed by atoms with E-state index in [2.05, 4.69) is 10.6 Å². The van der Waals surface area contributed by atoms with E-state index in [1.807, 2.05) is 55.7 Å². The Kier molecular flexibility index (Phi) is 19.6. The number of thioether (sulfide) groups is 1. The van der Waals surface area contributed by atoms with Crippen molar-refractivity contribution in [2.24, 2.45) is 16.9 Å². The molecule has 65 heavy (non-hydrogen) atoms. The number of carbonyl (C=O) groups is 7. The minimum Gasteiger partial charge on any atom is -0.480 e. The van der Waals surface area contributed by atoms with Crippen LogP contribution in [0.1, 0.15) is 57.3 Å². The summed E-state index contributed by atoms with van der Waals surface area (Å²) in [6.45, 7) is 4.92. The fourth-order valence-corrected chi connectivity index (χ4v) is 7.76. The molecule has 23 heteroatoms. The maximum atomic E-state index is 15.0. The highest BCUT2D eigenvalue weighted by Gasteiger charge is 2.40. The van der Waals surface area contributed by atoms with E-state index in [-0.39, 0.29) is 56.8 Å². The molecule has 4 rings (SSSR count). The van der Waals surface area contributed by atoms with E-state index in [0.717, 1.165) is 40.4 Å². The summed E-state index contributed by atoms with van der Waals surface area (Å²) in [6, 6.07) is 11.3. The Hall–Kier alpha value is -5.91. The number of imide groups is 1. The lowest BCUT2D eigenvalue weighted by molar-refractivity contribution is -0.192. The average molecular weight is 942 g/mol. The number of carboxylic acid groups (broad SMARTS) is 2. The van der Waals surface area contributed by atoms with Crippen LogP contribution in [-0.2, 0) is 40.1 Å². The second-order valence-corrected chi connectivity index (χ2v) is 17.1. The molecule has 1 aliphatic heterocycles. The maximum absolute atomic E-state index is 15.0. The first-order chi connectivity index (χ1) is 30.3. The van der Waals surface area contributed by atoms with E-state index < -0.39 is 94.7 Å². The number of nitrogens with two attached hydrogens (primary N) is 2. The number of aliphatic hydroxyl groups excluding tert-OH is 1. The highest BCUT2D eigenvalue weighted by Crippen LogP contribution is 2.41. The zero-order valence-corrected chi connectivity index (χ0v) is 36.5. The molecular weight excluding hydrogens is 890 g/mol. The van der Waals surface area contributed by atoms with Crippen molar-refractivity contribution in [3.8, 4) is 11.1 Å². The quantitative estimate of drug-likeness (QED) is 0.0636. The van der Waals surface area contributed by atoms with Gasteiger partial charge < -0.3 is 46.9 Å². The molecule has 5 amide bonds. The van der Waals surface area contributed by atoms with Gasteiger partial charge >= 0.3 is 18.1 Å². The van der Waals surface area contributed by atoms with E-state index >= 15 is 4.39 Å². The predicted molar refractivity (Wildman–Crippen MR) is 226 cm³/mol. The minimum atomic E-state index is -5.08. The van der Waals surface area contributed by atoms with Gasteiger partial charge in [0.1, 0.15) is 24.3 Å². The van der Waals surface area contributed by atoms with Crippen LogP contribution in [0.2, 0.25) is 0 Å². The Labute approximate surface area is 374 Å². The van der Waals surface area contributed by atoms with Crippen molar-refractivity contribution in [3.05, 3.63) is 83.7 Å². The van der Waals surface area contributed by atoms with Gasteiger partial charge in [0.15, 0.2) is 0 Å². The topological polar surface area (TPSA) is 268 Å². The van der Waals surface area contributed by atoms with Gasteiger partial charge in [-0.2, -0.15) is 13.2 Å². The van der Waals surface area contributed by atoms with Gasteiger partial charge in [0.2, 0.25) is 29.5 Å². The number of rotatable bonds is 20. The van der Waals surface area contributed by atoms with E-state index in [1.165, 1.54) is 4.90 Å². The molecule has 2 heterocycles. The molecule has 3 aromatic rings. The number of hydrogen-bond donors (Lipinski definition) is 7. The number of halogens is 5. The second kappa shape index (κ2) is 23.9. The Morgan fingerprint density at radius 1 is 0.938 bits per heavy atom. The highest BCUT2D eigenvalue weighted by atomic mass is 32.2. The molecule has 1 aliphatic rings. The fraction of sp³-hybridized carbons (Fsp3) is 0.452. The van der Waals surface area contributed by atoms with Crippen LogP contribution < -0.4 is 22.1 Å². The van der Waals surface area contributed by atoms with Crippen LogP contribution in [0.15, 0.2) is 60.8 Å². The van der Waals surface area contributed by atoms with Gasteiger partial charge in [-0.25, -0.2) is 13.6 Å². The van der Waals surface area contributed by atoms with Crippen LogP contribution in [0.5, 0.6) is 0 Å². The van der Waals surface area contributed by atoms with Crippen LogP contribution >= 0.6 is 11.8 Å². The van der Waals surface area contributed by atoms with E-state index in [0.29, 0.717) is 17.8 Å². The number of amides is 5. The van der Waals surface area contributed by atoms with Gasteiger partial charge in [0.05, 0.1) is 17.3 Å². The van der Waals surface area contributed by atoms with Gasteiger partial charge in [-0.3, -0.25) is 33.7 Å². The van der Waals surface area contributed by atoms with Gasteiger partial charge in [0.25, 0.3) is 0 Å². The third kappa shape index (κ3) is 15.9. The number of aromatic nitrogens is 1. The summed E-state index contributed by atoms with van der Waals surface area (Å²) >= 11 is 0.993. The van der Waals surface area contributed by atoms with E-state index in [1.54, 1.807) is 12.3 Å². The lowest BCUT2D eigenvalue weighted by Crippen LogP contribution is -2.48. The lowest BCUT2D eigenvalue weighted by Gasteiger charge is -2.41. The number of aliphatic hydroxyl groups is 1. The van der Waals surface area contributed by atoms with E-state index in [9.17, 15) is 51.4 Å². The van der Waals surface area contributed by atoms with Gasteiger partial charge in [-0.05, 0) is 41.7 Å². The van der Waals surface area contributed by atoms with E-state index in [4.69, 9.17) is 26.5 Å². The fourth-order valence-electron chi connectivity index (χ4n) is 6.64. The number of nitrogens with zero attached hydrogens (tertiary/aromatic N) is 3. The van der Waals surface area contributed by atoms with Crippen LogP contribution in [0.25, 0.3) is 11.1 Å². The SMILES string of the molecule is CC(C)(C)[C@H](c1cc(-c2cc(F)ccc2F)cn1Cc1ccccc1)N(CC[C@H](N)C(=O)NCCC(=O)NCCN1C(=O)CC(SC[C@H](N)C(=O)O)C1=O)C(=O)CO.O=C(O)C(F)(F)F. The number of aliphatic carboxylic acids is 2. The number of alkyl halides is 3. The normalized spacial score (nSPS) is 15.4. The summed E-state index contributed by atoms with van der Waals surface area (Å²) in [4.78, 5) is 86.2. The minimum absolute atomic E-state index is 0.0272. The Bertz CT molecular complexity index is 2170.